The Bertz CT molecular complexity index is 3190. The molecule has 1 aliphatic carbocycles. The molecule has 5 heterocycles. The molecule has 380 valence electrons. The molecule has 1 saturated carbocycles. The minimum Gasteiger partial charge on any atom is -0.508 e. The van der Waals surface area contributed by atoms with Crippen LogP contribution in [0.2, 0.25) is 0 Å². The maximum Gasteiger partial charge on any atom is 0.421 e. The van der Waals surface area contributed by atoms with Gasteiger partial charge in [-0.3, -0.25) is 29.4 Å². The average molecular weight is 1010 g/mol. The Morgan fingerprint density at radius 1 is 0.773 bits per heavy atom. The molecule has 75 heavy (non-hydrogen) atoms. The number of piperazine rings is 1. The molecule has 2 N–H and O–H groups in total. The van der Waals surface area contributed by atoms with Gasteiger partial charge in [0.25, 0.3) is 5.69 Å². The SMILES string of the molecule is O=C1O[C@H](c2ccccc2)[C@H](c2ccccc2)N2[C@H]1[C@@H](C(=O)N1CCN(c3ncccn3)CC1)[C@]1(C(=O)N(C(=O)OCc3ccc([N+](=O)[O-])cc3)c3ccc(C#CC4(O)CCCCCC4)cc31)[C@H]2c1ccc(O)cc1. The van der Waals surface area contributed by atoms with Crippen LogP contribution in [-0.4, -0.2) is 96.6 Å². The zero-order valence-corrected chi connectivity index (χ0v) is 40.8. The number of hydrogen-bond acceptors (Lipinski definition) is 14. The van der Waals surface area contributed by atoms with Crippen LogP contribution in [0.1, 0.15) is 90.1 Å². The van der Waals surface area contributed by atoms with E-state index in [9.17, 15) is 20.3 Å². The second kappa shape index (κ2) is 20.1. The van der Waals surface area contributed by atoms with Crippen LogP contribution in [0.4, 0.5) is 22.1 Å². The second-order valence-electron chi connectivity index (χ2n) is 19.8. The van der Waals surface area contributed by atoms with E-state index in [-0.39, 0.29) is 42.4 Å². The number of amides is 3. The quantitative estimate of drug-likeness (QED) is 0.0489. The number of esters is 1. The number of cyclic esters (lactones) is 1. The number of aliphatic hydroxyl groups is 1. The van der Waals surface area contributed by atoms with Crippen LogP contribution in [0.5, 0.6) is 5.75 Å². The monoisotopic (exact) mass is 1010 g/mol. The number of aromatic hydroxyl groups is 1. The number of imide groups is 1. The van der Waals surface area contributed by atoms with Gasteiger partial charge in [0.1, 0.15) is 35.5 Å². The Kier molecular flexibility index (Phi) is 13.1. The summed E-state index contributed by atoms with van der Waals surface area (Å²) >= 11 is 0. The van der Waals surface area contributed by atoms with Crippen molar-refractivity contribution in [2.24, 2.45) is 5.92 Å². The van der Waals surface area contributed by atoms with Crippen molar-refractivity contribution in [3.8, 4) is 17.6 Å². The normalized spacial score (nSPS) is 24.1. The molecule has 5 aromatic carbocycles. The molecule has 4 fully saturated rings. The van der Waals surface area contributed by atoms with Gasteiger partial charge in [-0.15, -0.1) is 0 Å². The number of anilines is 2. The van der Waals surface area contributed by atoms with Crippen molar-refractivity contribution in [2.45, 2.75) is 80.4 Å². The lowest BCUT2D eigenvalue weighted by molar-refractivity contribution is -0.384. The summed E-state index contributed by atoms with van der Waals surface area (Å²) in [5.41, 5.74) is -0.632. The van der Waals surface area contributed by atoms with Crippen molar-refractivity contribution in [1.82, 2.24) is 19.8 Å². The Morgan fingerprint density at radius 2 is 1.43 bits per heavy atom. The lowest BCUT2D eigenvalue weighted by atomic mass is 9.64. The van der Waals surface area contributed by atoms with Crippen LogP contribution in [0.15, 0.2) is 146 Å². The van der Waals surface area contributed by atoms with Gasteiger partial charge in [-0.1, -0.05) is 97.5 Å². The summed E-state index contributed by atoms with van der Waals surface area (Å²) in [6.45, 7) is 0.603. The van der Waals surface area contributed by atoms with Crippen molar-refractivity contribution in [3.05, 3.63) is 189 Å². The summed E-state index contributed by atoms with van der Waals surface area (Å²) in [5, 5.41) is 34.1. The highest BCUT2D eigenvalue weighted by Crippen LogP contribution is 2.66. The number of phenols is 1. The number of nitro benzene ring substituents is 1. The molecule has 1 aromatic heterocycles. The topological polar surface area (TPSA) is 209 Å². The number of carbonyl (C=O) groups excluding carboxylic acids is 4. The van der Waals surface area contributed by atoms with E-state index in [4.69, 9.17) is 9.47 Å². The van der Waals surface area contributed by atoms with Crippen molar-refractivity contribution in [1.29, 1.82) is 0 Å². The summed E-state index contributed by atoms with van der Waals surface area (Å²) in [7, 11) is 0. The minimum atomic E-state index is -2.13. The predicted molar refractivity (Wildman–Crippen MR) is 274 cm³/mol. The van der Waals surface area contributed by atoms with Gasteiger partial charge in [0, 0.05) is 56.3 Å². The Labute approximate surface area is 432 Å². The van der Waals surface area contributed by atoms with E-state index >= 15 is 19.2 Å². The van der Waals surface area contributed by atoms with Gasteiger partial charge in [-0.25, -0.2) is 19.7 Å². The highest BCUT2D eigenvalue weighted by Gasteiger charge is 2.76. The predicted octanol–water partition coefficient (Wildman–Crippen LogP) is 7.88. The average Bonchev–Trinajstić information content (AvgIpc) is 4.01. The van der Waals surface area contributed by atoms with Gasteiger partial charge in [-0.05, 0) is 102 Å². The number of morpholine rings is 1. The number of hydrogen-bond donors (Lipinski definition) is 2. The number of ether oxygens (including phenoxy) is 2. The molecule has 6 aromatic rings. The number of benzene rings is 5. The van der Waals surface area contributed by atoms with E-state index in [1.165, 1.54) is 36.4 Å². The van der Waals surface area contributed by atoms with E-state index in [1.54, 1.807) is 53.7 Å². The Morgan fingerprint density at radius 3 is 2.08 bits per heavy atom. The molecule has 11 rings (SSSR count). The maximum absolute atomic E-state index is 16.7. The molecule has 0 unspecified atom stereocenters. The van der Waals surface area contributed by atoms with Gasteiger partial charge in [0.15, 0.2) is 0 Å². The van der Waals surface area contributed by atoms with Crippen LogP contribution in [0.25, 0.3) is 0 Å². The molecule has 3 saturated heterocycles. The zero-order chi connectivity index (χ0) is 51.8. The molecule has 3 amide bonds. The Balaban J connectivity index is 1.14. The van der Waals surface area contributed by atoms with Gasteiger partial charge in [0.05, 0.1) is 28.6 Å². The fourth-order valence-corrected chi connectivity index (χ4v) is 11.9. The van der Waals surface area contributed by atoms with Crippen LogP contribution in [-0.2, 0) is 35.9 Å². The van der Waals surface area contributed by atoms with Crippen molar-refractivity contribution in [2.75, 3.05) is 36.0 Å². The number of non-ortho nitro benzene ring substituents is 1. The van der Waals surface area contributed by atoms with Crippen molar-refractivity contribution >= 4 is 41.2 Å². The standard InChI is InChI=1S/C58H53N7O10/c66-44-23-19-42(20-24-44)51-58(45-36-38(26-29-57(71)27-9-1-2-10-28-57)18-25-46(45)63(54(58)69)56(70)74-37-39-16-21-43(22-17-39)65(72)73)47(52(67)61-32-34-62(35-33-61)55-59-30-11-31-60-55)49-53(68)75-50(41-14-7-4-8-15-41)48(64(49)51)40-12-5-3-6-13-40/h3-8,11-25,30-31,36,47-51,66,71H,1-2,9-10,27-28,32-35,37H2/t47-,48-,49-,50+,51+,58-/m0/s1. The largest absolute Gasteiger partial charge is 0.508 e. The maximum atomic E-state index is 16.7. The number of nitrogens with zero attached hydrogens (tertiary/aromatic N) is 7. The van der Waals surface area contributed by atoms with Crippen molar-refractivity contribution in [3.63, 3.8) is 0 Å². The molecular formula is C58H53N7O10. The highest BCUT2D eigenvalue weighted by atomic mass is 16.6. The molecule has 17 nitrogen and oxygen atoms in total. The molecule has 6 atom stereocenters. The van der Waals surface area contributed by atoms with E-state index in [1.807, 2.05) is 70.5 Å². The molecule has 4 aliphatic heterocycles. The molecule has 1 spiro atoms. The smallest absolute Gasteiger partial charge is 0.421 e. The van der Waals surface area contributed by atoms with E-state index in [0.29, 0.717) is 59.7 Å². The van der Waals surface area contributed by atoms with Gasteiger partial charge < -0.3 is 29.5 Å². The van der Waals surface area contributed by atoms with Crippen molar-refractivity contribution < 1.29 is 43.8 Å². The first kappa shape index (κ1) is 48.8. The number of aromatic nitrogens is 2. The zero-order valence-electron chi connectivity index (χ0n) is 40.8. The minimum absolute atomic E-state index is 0.0707. The van der Waals surface area contributed by atoms with Gasteiger partial charge in [-0.2, -0.15) is 0 Å². The fraction of sp³-hybridized carbons (Fsp3) is 0.310. The molecular weight excluding hydrogens is 955 g/mol. The van der Waals surface area contributed by atoms with Gasteiger partial charge in [0.2, 0.25) is 17.8 Å². The number of carbonyl (C=O) groups is 4. The number of phenolic OH excluding ortho intramolecular Hbond substituents is 1. The fourth-order valence-electron chi connectivity index (χ4n) is 11.9. The Hall–Kier alpha value is -8.46. The van der Waals surface area contributed by atoms with E-state index in [0.717, 1.165) is 30.6 Å². The van der Waals surface area contributed by atoms with Crippen LogP contribution >= 0.6 is 0 Å². The number of nitro groups is 1. The number of fused-ring (bicyclic) bond motifs is 3. The first-order valence-electron chi connectivity index (χ1n) is 25.3. The number of rotatable bonds is 8. The first-order chi connectivity index (χ1) is 36.4. The van der Waals surface area contributed by atoms with Crippen LogP contribution in [0, 0.1) is 27.9 Å². The summed E-state index contributed by atoms with van der Waals surface area (Å²) < 4.78 is 12.6. The summed E-state index contributed by atoms with van der Waals surface area (Å²) in [6.07, 6.45) is 5.73. The summed E-state index contributed by atoms with van der Waals surface area (Å²) in [6, 6.07) is 33.6. The van der Waals surface area contributed by atoms with Gasteiger partial charge >= 0.3 is 12.1 Å². The molecule has 0 radical (unpaired) electrons. The highest BCUT2D eigenvalue weighted by molar-refractivity contribution is 6.23. The molecule has 17 heteroatoms. The van der Waals surface area contributed by atoms with E-state index < -0.39 is 70.0 Å². The molecule has 5 aliphatic rings. The third-order valence-corrected chi connectivity index (χ3v) is 15.4. The summed E-state index contributed by atoms with van der Waals surface area (Å²) in [5.74, 6) is 3.07. The second-order valence-corrected chi connectivity index (χ2v) is 19.8. The van der Waals surface area contributed by atoms with Crippen LogP contribution in [0.3, 0.4) is 0 Å². The van der Waals surface area contributed by atoms with Crippen LogP contribution < -0.4 is 9.80 Å². The summed E-state index contributed by atoms with van der Waals surface area (Å²) in [4.78, 5) is 89.9. The molecule has 0 bridgehead atoms. The third kappa shape index (κ3) is 8.89. The third-order valence-electron chi connectivity index (χ3n) is 15.4. The lowest BCUT2D eigenvalue weighted by Gasteiger charge is -2.46. The first-order valence-corrected chi connectivity index (χ1v) is 25.3. The lowest BCUT2D eigenvalue weighted by Crippen LogP contribution is -2.59. The van der Waals surface area contributed by atoms with E-state index in [2.05, 4.69) is 21.8 Å².